The van der Waals surface area contributed by atoms with Gasteiger partial charge in [-0.1, -0.05) is 30.9 Å². The summed E-state index contributed by atoms with van der Waals surface area (Å²) < 4.78 is 4.40. The maximum atomic E-state index is 10.6. The molecule has 1 N–H and O–H groups in total. The standard InChI is InChI=1S/C10H15NO2/c1-4-5-6-7-9(2)8-11-10(12)13-3/h4-7H,2,8H2,1,3H3,(H,11,12)/b5-4-,7-6-. The van der Waals surface area contributed by atoms with Gasteiger partial charge in [-0.3, -0.25) is 0 Å². The van der Waals surface area contributed by atoms with Crippen molar-refractivity contribution in [3.8, 4) is 0 Å². The molecule has 0 spiro atoms. The predicted octanol–water partition coefficient (Wildman–Crippen LogP) is 2.03. The number of hydrogen-bond acceptors (Lipinski definition) is 2. The summed E-state index contributed by atoms with van der Waals surface area (Å²) in [5.41, 5.74) is 0.823. The summed E-state index contributed by atoms with van der Waals surface area (Å²) in [6.45, 7) is 6.08. The molecule has 0 aliphatic heterocycles. The summed E-state index contributed by atoms with van der Waals surface area (Å²) in [6.07, 6.45) is 7.05. The van der Waals surface area contributed by atoms with E-state index in [1.54, 1.807) is 0 Å². The minimum atomic E-state index is -0.444. The van der Waals surface area contributed by atoms with Crippen LogP contribution in [0.5, 0.6) is 0 Å². The Bertz CT molecular complexity index is 229. The molecule has 0 atom stereocenters. The Morgan fingerprint density at radius 3 is 2.77 bits per heavy atom. The van der Waals surface area contributed by atoms with Gasteiger partial charge in [-0.2, -0.15) is 0 Å². The van der Waals surface area contributed by atoms with Gasteiger partial charge in [0.25, 0.3) is 0 Å². The van der Waals surface area contributed by atoms with Crippen molar-refractivity contribution in [3.63, 3.8) is 0 Å². The largest absolute Gasteiger partial charge is 0.453 e. The molecule has 0 saturated heterocycles. The van der Waals surface area contributed by atoms with Crippen molar-refractivity contribution in [2.45, 2.75) is 6.92 Å². The molecule has 0 aliphatic carbocycles. The molecule has 0 unspecified atom stereocenters. The Kier molecular flexibility index (Phi) is 6.32. The highest BCUT2D eigenvalue weighted by Crippen LogP contribution is 1.91. The van der Waals surface area contributed by atoms with Crippen molar-refractivity contribution in [2.24, 2.45) is 0 Å². The number of methoxy groups -OCH3 is 1. The van der Waals surface area contributed by atoms with Crippen LogP contribution in [0.15, 0.2) is 36.5 Å². The third-order valence-electron chi connectivity index (χ3n) is 1.28. The molecular weight excluding hydrogens is 166 g/mol. The number of ether oxygens (including phenoxy) is 1. The summed E-state index contributed by atoms with van der Waals surface area (Å²) in [5, 5.41) is 2.52. The summed E-state index contributed by atoms with van der Waals surface area (Å²) in [5.74, 6) is 0. The van der Waals surface area contributed by atoms with Crippen molar-refractivity contribution in [3.05, 3.63) is 36.5 Å². The fraction of sp³-hybridized carbons (Fsp3) is 0.300. The zero-order chi connectivity index (χ0) is 10.1. The SMILES string of the molecule is C=C(/C=C\C=C/C)CNC(=O)OC. The molecule has 0 saturated carbocycles. The lowest BCUT2D eigenvalue weighted by Gasteiger charge is -2.01. The first-order valence-electron chi connectivity index (χ1n) is 3.99. The molecule has 0 aromatic heterocycles. The van der Waals surface area contributed by atoms with Gasteiger partial charge in [0.2, 0.25) is 0 Å². The van der Waals surface area contributed by atoms with Crippen molar-refractivity contribution in [2.75, 3.05) is 13.7 Å². The zero-order valence-electron chi connectivity index (χ0n) is 8.04. The summed E-state index contributed by atoms with van der Waals surface area (Å²) in [7, 11) is 1.33. The molecular formula is C10H15NO2. The number of carbonyl (C=O) groups is 1. The van der Waals surface area contributed by atoms with Gasteiger partial charge in [0.15, 0.2) is 0 Å². The first kappa shape index (κ1) is 11.5. The van der Waals surface area contributed by atoms with E-state index >= 15 is 0 Å². The molecule has 13 heavy (non-hydrogen) atoms. The molecule has 0 aromatic rings. The molecule has 0 radical (unpaired) electrons. The van der Waals surface area contributed by atoms with Gasteiger partial charge in [-0.05, 0) is 12.5 Å². The highest BCUT2D eigenvalue weighted by molar-refractivity contribution is 5.67. The van der Waals surface area contributed by atoms with Crippen molar-refractivity contribution >= 4 is 6.09 Å². The van der Waals surface area contributed by atoms with Gasteiger partial charge in [0.05, 0.1) is 7.11 Å². The Labute approximate surface area is 78.8 Å². The second-order valence-corrected chi connectivity index (χ2v) is 2.39. The predicted molar refractivity (Wildman–Crippen MR) is 53.5 cm³/mol. The van der Waals surface area contributed by atoms with E-state index in [0.717, 1.165) is 5.57 Å². The van der Waals surface area contributed by atoms with Crippen LogP contribution < -0.4 is 5.32 Å². The van der Waals surface area contributed by atoms with E-state index in [1.807, 2.05) is 31.2 Å². The summed E-state index contributed by atoms with van der Waals surface area (Å²) >= 11 is 0. The van der Waals surface area contributed by atoms with E-state index in [1.165, 1.54) is 7.11 Å². The monoisotopic (exact) mass is 181 g/mol. The number of alkyl carbamates (subject to hydrolysis) is 1. The smallest absolute Gasteiger partial charge is 0.407 e. The van der Waals surface area contributed by atoms with Gasteiger partial charge in [0.1, 0.15) is 0 Å². The minimum Gasteiger partial charge on any atom is -0.453 e. The second-order valence-electron chi connectivity index (χ2n) is 2.39. The summed E-state index contributed by atoms with van der Waals surface area (Å²) in [6, 6.07) is 0. The fourth-order valence-electron chi connectivity index (χ4n) is 0.620. The zero-order valence-corrected chi connectivity index (χ0v) is 8.04. The highest BCUT2D eigenvalue weighted by Gasteiger charge is 1.95. The highest BCUT2D eigenvalue weighted by atomic mass is 16.5. The molecule has 0 heterocycles. The maximum Gasteiger partial charge on any atom is 0.407 e. The lowest BCUT2D eigenvalue weighted by molar-refractivity contribution is 0.172. The van der Waals surface area contributed by atoms with Crippen LogP contribution in [0.4, 0.5) is 4.79 Å². The first-order valence-corrected chi connectivity index (χ1v) is 3.99. The third kappa shape index (κ3) is 6.87. The van der Waals surface area contributed by atoms with Crippen molar-refractivity contribution < 1.29 is 9.53 Å². The first-order chi connectivity index (χ1) is 6.20. The average Bonchev–Trinajstić information content (AvgIpc) is 2.14. The van der Waals surface area contributed by atoms with Crippen LogP contribution in [-0.4, -0.2) is 19.7 Å². The number of rotatable bonds is 4. The number of amides is 1. The Morgan fingerprint density at radius 1 is 1.54 bits per heavy atom. The van der Waals surface area contributed by atoms with Gasteiger partial charge in [-0.25, -0.2) is 4.79 Å². The van der Waals surface area contributed by atoms with Crippen LogP contribution in [0.3, 0.4) is 0 Å². The Balaban J connectivity index is 3.69. The van der Waals surface area contributed by atoms with Crippen molar-refractivity contribution in [1.29, 1.82) is 0 Å². The van der Waals surface area contributed by atoms with E-state index in [-0.39, 0.29) is 0 Å². The fourth-order valence-corrected chi connectivity index (χ4v) is 0.620. The topological polar surface area (TPSA) is 38.3 Å². The third-order valence-corrected chi connectivity index (χ3v) is 1.28. The summed E-state index contributed by atoms with van der Waals surface area (Å²) in [4.78, 5) is 10.6. The Hall–Kier alpha value is -1.51. The van der Waals surface area contributed by atoms with Crippen LogP contribution in [0.2, 0.25) is 0 Å². The molecule has 0 aliphatic rings. The van der Waals surface area contributed by atoms with Gasteiger partial charge < -0.3 is 10.1 Å². The van der Waals surface area contributed by atoms with Crippen LogP contribution in [0.1, 0.15) is 6.92 Å². The quantitative estimate of drug-likeness (QED) is 0.674. The number of carbonyl (C=O) groups excluding carboxylic acids is 1. The minimum absolute atomic E-state index is 0.403. The normalized spacial score (nSPS) is 10.6. The van der Waals surface area contributed by atoms with Crippen LogP contribution >= 0.6 is 0 Å². The van der Waals surface area contributed by atoms with Crippen molar-refractivity contribution in [1.82, 2.24) is 5.32 Å². The van der Waals surface area contributed by atoms with Gasteiger partial charge >= 0.3 is 6.09 Å². The van der Waals surface area contributed by atoms with E-state index in [2.05, 4.69) is 16.6 Å². The lowest BCUT2D eigenvalue weighted by atomic mass is 10.2. The van der Waals surface area contributed by atoms with E-state index in [0.29, 0.717) is 6.54 Å². The Morgan fingerprint density at radius 2 is 2.23 bits per heavy atom. The number of allylic oxidation sites excluding steroid dienone is 3. The lowest BCUT2D eigenvalue weighted by Crippen LogP contribution is -2.24. The second kappa shape index (κ2) is 7.16. The average molecular weight is 181 g/mol. The maximum absolute atomic E-state index is 10.6. The van der Waals surface area contributed by atoms with Crippen LogP contribution in [0, 0.1) is 0 Å². The number of hydrogen-bond donors (Lipinski definition) is 1. The molecule has 0 fully saturated rings. The van der Waals surface area contributed by atoms with E-state index in [4.69, 9.17) is 0 Å². The molecule has 72 valence electrons. The van der Waals surface area contributed by atoms with Crippen LogP contribution in [0.25, 0.3) is 0 Å². The van der Waals surface area contributed by atoms with Crippen LogP contribution in [-0.2, 0) is 4.74 Å². The molecule has 3 nitrogen and oxygen atoms in total. The molecule has 1 amide bonds. The number of nitrogens with one attached hydrogen (secondary N) is 1. The molecule has 0 rings (SSSR count). The molecule has 0 aromatic carbocycles. The molecule has 3 heteroatoms. The van der Waals surface area contributed by atoms with E-state index in [9.17, 15) is 4.79 Å². The van der Waals surface area contributed by atoms with Gasteiger partial charge in [0, 0.05) is 6.54 Å². The van der Waals surface area contributed by atoms with Gasteiger partial charge in [-0.15, -0.1) is 0 Å². The molecule has 0 bridgehead atoms. The van der Waals surface area contributed by atoms with E-state index < -0.39 is 6.09 Å².